The monoisotopic (exact) mass is 230 g/mol. The minimum absolute atomic E-state index is 1.19. The Bertz CT molecular complexity index is 694. The standard InChI is InChI=1S/C18H14/c1-2-14-9-6-10-17-13-16(11-12-18(14)17)15-7-4-3-5-8-15/h2-13H,1H2. The van der Waals surface area contributed by atoms with Crippen LogP contribution in [0.4, 0.5) is 0 Å². The van der Waals surface area contributed by atoms with Crippen LogP contribution in [0.3, 0.4) is 0 Å². The van der Waals surface area contributed by atoms with E-state index in [1.54, 1.807) is 0 Å². The molecular formula is C18H14. The minimum atomic E-state index is 1.19. The van der Waals surface area contributed by atoms with Crippen LogP contribution in [0.5, 0.6) is 0 Å². The Morgan fingerprint density at radius 1 is 0.722 bits per heavy atom. The first-order chi connectivity index (χ1) is 8.88. The summed E-state index contributed by atoms with van der Waals surface area (Å²) in [5.41, 5.74) is 3.69. The highest BCUT2D eigenvalue weighted by atomic mass is 14.0. The zero-order chi connectivity index (χ0) is 12.4. The van der Waals surface area contributed by atoms with E-state index in [1.165, 1.54) is 27.5 Å². The molecule has 0 heteroatoms. The van der Waals surface area contributed by atoms with Crippen LogP contribution in [0.1, 0.15) is 5.56 Å². The van der Waals surface area contributed by atoms with Gasteiger partial charge >= 0.3 is 0 Å². The molecule has 0 nitrogen and oxygen atoms in total. The van der Waals surface area contributed by atoms with Crippen LogP contribution in [-0.2, 0) is 0 Å². The third kappa shape index (κ3) is 1.82. The highest BCUT2D eigenvalue weighted by molar-refractivity contribution is 5.93. The van der Waals surface area contributed by atoms with Crippen LogP contribution in [-0.4, -0.2) is 0 Å². The second kappa shape index (κ2) is 4.50. The third-order valence-corrected chi connectivity index (χ3v) is 3.24. The Labute approximate surface area is 107 Å². The van der Waals surface area contributed by atoms with Crippen molar-refractivity contribution in [3.63, 3.8) is 0 Å². The summed E-state index contributed by atoms with van der Waals surface area (Å²) in [6.07, 6.45) is 1.91. The van der Waals surface area contributed by atoms with E-state index in [4.69, 9.17) is 0 Å². The summed E-state index contributed by atoms with van der Waals surface area (Å²) in [7, 11) is 0. The lowest BCUT2D eigenvalue weighted by Crippen LogP contribution is -1.81. The van der Waals surface area contributed by atoms with Gasteiger partial charge in [0.1, 0.15) is 0 Å². The highest BCUT2D eigenvalue weighted by Crippen LogP contribution is 2.26. The first kappa shape index (κ1) is 10.8. The number of rotatable bonds is 2. The van der Waals surface area contributed by atoms with Gasteiger partial charge in [-0.15, -0.1) is 0 Å². The summed E-state index contributed by atoms with van der Waals surface area (Å²) in [5.74, 6) is 0. The Hall–Kier alpha value is -2.34. The van der Waals surface area contributed by atoms with Gasteiger partial charge in [-0.05, 0) is 33.5 Å². The van der Waals surface area contributed by atoms with Crippen LogP contribution in [0.25, 0.3) is 28.0 Å². The summed E-state index contributed by atoms with van der Waals surface area (Å²) in [4.78, 5) is 0. The van der Waals surface area contributed by atoms with E-state index in [-0.39, 0.29) is 0 Å². The van der Waals surface area contributed by atoms with E-state index in [2.05, 4.69) is 67.2 Å². The molecule has 0 saturated heterocycles. The van der Waals surface area contributed by atoms with Gasteiger partial charge in [0, 0.05) is 0 Å². The SMILES string of the molecule is C=Cc1cccc2cc(-c3ccccc3)ccc12. The van der Waals surface area contributed by atoms with Crippen LogP contribution < -0.4 is 0 Å². The Balaban J connectivity index is 2.21. The van der Waals surface area contributed by atoms with E-state index in [0.717, 1.165) is 0 Å². The molecule has 0 fully saturated rings. The predicted molar refractivity (Wildman–Crippen MR) is 79.5 cm³/mol. The summed E-state index contributed by atoms with van der Waals surface area (Å²) < 4.78 is 0. The number of benzene rings is 3. The van der Waals surface area contributed by atoms with Gasteiger partial charge in [-0.2, -0.15) is 0 Å². The molecule has 3 aromatic carbocycles. The molecule has 0 atom stereocenters. The van der Waals surface area contributed by atoms with Gasteiger partial charge in [0.2, 0.25) is 0 Å². The molecule has 0 aliphatic carbocycles. The van der Waals surface area contributed by atoms with Gasteiger partial charge in [-0.25, -0.2) is 0 Å². The molecule has 0 aliphatic heterocycles. The second-order valence-corrected chi connectivity index (χ2v) is 4.35. The van der Waals surface area contributed by atoms with Crippen molar-refractivity contribution in [2.45, 2.75) is 0 Å². The molecular weight excluding hydrogens is 216 g/mol. The maximum Gasteiger partial charge on any atom is -0.0111 e. The first-order valence-corrected chi connectivity index (χ1v) is 6.09. The van der Waals surface area contributed by atoms with E-state index in [0.29, 0.717) is 0 Å². The molecule has 0 bridgehead atoms. The van der Waals surface area contributed by atoms with Crippen molar-refractivity contribution >= 4 is 16.8 Å². The zero-order valence-corrected chi connectivity index (χ0v) is 10.1. The molecule has 18 heavy (non-hydrogen) atoms. The molecule has 0 amide bonds. The third-order valence-electron chi connectivity index (χ3n) is 3.24. The van der Waals surface area contributed by atoms with Crippen molar-refractivity contribution in [2.75, 3.05) is 0 Å². The van der Waals surface area contributed by atoms with Crippen LogP contribution in [0.15, 0.2) is 73.3 Å². The zero-order valence-electron chi connectivity index (χ0n) is 10.1. The van der Waals surface area contributed by atoms with Crippen molar-refractivity contribution in [1.29, 1.82) is 0 Å². The lowest BCUT2D eigenvalue weighted by molar-refractivity contribution is 1.64. The van der Waals surface area contributed by atoms with Crippen molar-refractivity contribution in [1.82, 2.24) is 0 Å². The van der Waals surface area contributed by atoms with Crippen LogP contribution in [0, 0.1) is 0 Å². The fourth-order valence-corrected chi connectivity index (χ4v) is 2.30. The fourth-order valence-electron chi connectivity index (χ4n) is 2.30. The number of fused-ring (bicyclic) bond motifs is 1. The molecule has 3 aromatic rings. The number of hydrogen-bond acceptors (Lipinski definition) is 0. The highest BCUT2D eigenvalue weighted by Gasteiger charge is 2.01. The van der Waals surface area contributed by atoms with E-state index < -0.39 is 0 Å². The summed E-state index contributed by atoms with van der Waals surface area (Å²) >= 11 is 0. The van der Waals surface area contributed by atoms with Crippen molar-refractivity contribution in [2.24, 2.45) is 0 Å². The molecule has 0 unspecified atom stereocenters. The maximum absolute atomic E-state index is 3.86. The van der Waals surface area contributed by atoms with Gasteiger partial charge in [-0.3, -0.25) is 0 Å². The molecule has 86 valence electrons. The van der Waals surface area contributed by atoms with Gasteiger partial charge in [0.05, 0.1) is 0 Å². The molecule has 0 saturated carbocycles. The minimum Gasteiger partial charge on any atom is -0.0984 e. The summed E-state index contributed by atoms with van der Waals surface area (Å²) in [6, 6.07) is 23.4. The van der Waals surface area contributed by atoms with Gasteiger partial charge in [0.25, 0.3) is 0 Å². The van der Waals surface area contributed by atoms with Gasteiger partial charge < -0.3 is 0 Å². The van der Waals surface area contributed by atoms with Crippen LogP contribution >= 0.6 is 0 Å². The predicted octanol–water partition coefficient (Wildman–Crippen LogP) is 5.15. The molecule has 3 rings (SSSR count). The van der Waals surface area contributed by atoms with Crippen LogP contribution in [0.2, 0.25) is 0 Å². The average molecular weight is 230 g/mol. The van der Waals surface area contributed by atoms with Crippen molar-refractivity contribution < 1.29 is 0 Å². The van der Waals surface area contributed by atoms with Gasteiger partial charge in [0.15, 0.2) is 0 Å². The first-order valence-electron chi connectivity index (χ1n) is 6.09. The Morgan fingerprint density at radius 3 is 2.33 bits per heavy atom. The normalized spacial score (nSPS) is 10.4. The Morgan fingerprint density at radius 2 is 1.56 bits per heavy atom. The largest absolute Gasteiger partial charge is 0.0984 e. The Kier molecular flexibility index (Phi) is 2.70. The van der Waals surface area contributed by atoms with Gasteiger partial charge in [-0.1, -0.05) is 73.3 Å². The molecule has 0 spiro atoms. The molecule has 0 radical (unpaired) electrons. The van der Waals surface area contributed by atoms with Crippen molar-refractivity contribution in [3.8, 4) is 11.1 Å². The van der Waals surface area contributed by atoms with Crippen molar-refractivity contribution in [3.05, 3.63) is 78.9 Å². The quantitative estimate of drug-likeness (QED) is 0.571. The summed E-state index contributed by atoms with van der Waals surface area (Å²) in [6.45, 7) is 3.86. The van der Waals surface area contributed by atoms with E-state index >= 15 is 0 Å². The smallest absolute Gasteiger partial charge is 0.0111 e. The fraction of sp³-hybridized carbons (Fsp3) is 0. The maximum atomic E-state index is 3.86. The molecule has 0 aromatic heterocycles. The second-order valence-electron chi connectivity index (χ2n) is 4.35. The molecule has 0 N–H and O–H groups in total. The average Bonchev–Trinajstić information content (AvgIpc) is 2.47. The van der Waals surface area contributed by atoms with E-state index in [9.17, 15) is 0 Å². The molecule has 0 heterocycles. The lowest BCUT2D eigenvalue weighted by Gasteiger charge is -2.06. The lowest BCUT2D eigenvalue weighted by atomic mass is 9.99. The summed E-state index contributed by atoms with van der Waals surface area (Å²) in [5, 5.41) is 2.51. The topological polar surface area (TPSA) is 0 Å². The molecule has 0 aliphatic rings. The van der Waals surface area contributed by atoms with E-state index in [1.807, 2.05) is 12.1 Å². The number of hydrogen-bond donors (Lipinski definition) is 0.